The first-order valence-electron chi connectivity index (χ1n) is 12.2. The number of fused-ring (bicyclic) bond motifs is 6. The van der Waals surface area contributed by atoms with Crippen LogP contribution in [0.4, 0.5) is 0 Å². The van der Waals surface area contributed by atoms with E-state index in [0.717, 1.165) is 18.4 Å². The molecule has 0 saturated carbocycles. The minimum absolute atomic E-state index is 0.00654. The quantitative estimate of drug-likeness (QED) is 0.517. The molecule has 5 rings (SSSR count). The molecule has 2 aliphatic rings. The molecule has 0 aromatic heterocycles. The number of nitrogens with one attached hydrogen (secondary N) is 1. The van der Waals surface area contributed by atoms with Crippen LogP contribution in [0.5, 0.6) is 0 Å². The summed E-state index contributed by atoms with van der Waals surface area (Å²) in [6, 6.07) is 26.9. The van der Waals surface area contributed by atoms with E-state index in [4.69, 9.17) is 4.84 Å². The normalized spacial score (nSPS) is 22.0. The largest absolute Gasteiger partial charge is 0.324 e. The zero-order valence-corrected chi connectivity index (χ0v) is 20.5. The van der Waals surface area contributed by atoms with E-state index in [0.29, 0.717) is 6.42 Å². The number of carbonyl (C=O) groups is 1. The third-order valence-electron chi connectivity index (χ3n) is 7.14. The van der Waals surface area contributed by atoms with Crippen LogP contribution in [-0.4, -0.2) is 22.4 Å². The molecule has 0 radical (unpaired) electrons. The van der Waals surface area contributed by atoms with E-state index in [9.17, 15) is 4.79 Å². The molecule has 2 bridgehead atoms. The van der Waals surface area contributed by atoms with Crippen LogP contribution in [0.2, 0.25) is 0 Å². The van der Waals surface area contributed by atoms with E-state index in [1.807, 2.05) is 39.0 Å². The van der Waals surface area contributed by atoms with Gasteiger partial charge in [0.1, 0.15) is 6.04 Å². The lowest BCUT2D eigenvalue weighted by Crippen LogP contribution is -2.54. The van der Waals surface area contributed by atoms with Crippen molar-refractivity contribution >= 4 is 5.91 Å². The van der Waals surface area contributed by atoms with Gasteiger partial charge in [-0.2, -0.15) is 5.48 Å². The first kappa shape index (κ1) is 22.8. The predicted molar refractivity (Wildman–Crippen MR) is 135 cm³/mol. The van der Waals surface area contributed by atoms with Crippen LogP contribution >= 0.6 is 0 Å². The lowest BCUT2D eigenvalue weighted by molar-refractivity contribution is -0.152. The fraction of sp³-hybridized carbons (Fsp3) is 0.367. The molecule has 3 aromatic carbocycles. The minimum Gasteiger partial charge on any atom is -0.324 e. The van der Waals surface area contributed by atoms with Gasteiger partial charge in [-0.05, 0) is 74.8 Å². The Kier molecular flexibility index (Phi) is 5.83. The molecule has 3 aromatic rings. The fourth-order valence-electron chi connectivity index (χ4n) is 5.62. The summed E-state index contributed by atoms with van der Waals surface area (Å²) in [4.78, 5) is 22.6. The van der Waals surface area contributed by atoms with Crippen molar-refractivity contribution in [3.8, 4) is 0 Å². The van der Waals surface area contributed by atoms with E-state index in [1.165, 1.54) is 22.3 Å². The summed E-state index contributed by atoms with van der Waals surface area (Å²) in [5.74, 6) is 0.0876. The highest BCUT2D eigenvalue weighted by Gasteiger charge is 2.52. The van der Waals surface area contributed by atoms with Crippen LogP contribution in [0.25, 0.3) is 0 Å². The van der Waals surface area contributed by atoms with Crippen LogP contribution in [0.1, 0.15) is 61.6 Å². The van der Waals surface area contributed by atoms with E-state index in [2.05, 4.69) is 78.0 Å². The summed E-state index contributed by atoms with van der Waals surface area (Å²) in [5.41, 5.74) is 8.65. The molecule has 0 aliphatic carbocycles. The van der Waals surface area contributed by atoms with Gasteiger partial charge >= 0.3 is 0 Å². The number of rotatable bonds is 5. The minimum atomic E-state index is -0.487. The van der Waals surface area contributed by atoms with Gasteiger partial charge in [-0.3, -0.25) is 9.63 Å². The lowest BCUT2D eigenvalue weighted by Gasteiger charge is -2.40. The van der Waals surface area contributed by atoms with Gasteiger partial charge in [-0.1, -0.05) is 78.9 Å². The number of carbonyl (C=O) groups excluding carboxylic acids is 1. The Morgan fingerprint density at radius 2 is 1.65 bits per heavy atom. The molecule has 2 aliphatic heterocycles. The van der Waals surface area contributed by atoms with Gasteiger partial charge in [0.2, 0.25) is 5.91 Å². The third kappa shape index (κ3) is 4.17. The number of hydroxylamine groups is 1. The van der Waals surface area contributed by atoms with E-state index < -0.39 is 17.2 Å². The molecule has 176 valence electrons. The Bertz CT molecular complexity index is 1180. The van der Waals surface area contributed by atoms with Crippen molar-refractivity contribution in [1.29, 1.82) is 0 Å². The number of hydrogen-bond donors (Lipinski definition) is 1. The number of amides is 1. The molecule has 2 heterocycles. The molecular weight excluding hydrogens is 420 g/mol. The highest BCUT2D eigenvalue weighted by atomic mass is 16.7. The van der Waals surface area contributed by atoms with Gasteiger partial charge in [-0.15, -0.1) is 0 Å². The summed E-state index contributed by atoms with van der Waals surface area (Å²) in [6.07, 6.45) is 2.20. The maximum absolute atomic E-state index is 14.4. The van der Waals surface area contributed by atoms with Crippen LogP contribution in [0.15, 0.2) is 78.9 Å². The third-order valence-corrected chi connectivity index (χ3v) is 7.14. The molecule has 1 N–H and O–H groups in total. The molecule has 0 spiro atoms. The van der Waals surface area contributed by atoms with Gasteiger partial charge in [0, 0.05) is 0 Å². The van der Waals surface area contributed by atoms with Crippen molar-refractivity contribution in [2.45, 2.75) is 70.2 Å². The summed E-state index contributed by atoms with van der Waals surface area (Å²) >= 11 is 0. The van der Waals surface area contributed by atoms with E-state index in [-0.39, 0.29) is 11.9 Å². The van der Waals surface area contributed by atoms with Crippen LogP contribution in [0.3, 0.4) is 0 Å². The summed E-state index contributed by atoms with van der Waals surface area (Å²) in [5, 5.41) is 0. The molecule has 0 fully saturated rings. The zero-order valence-electron chi connectivity index (χ0n) is 20.5. The van der Waals surface area contributed by atoms with Crippen molar-refractivity contribution in [3.63, 3.8) is 0 Å². The fourth-order valence-corrected chi connectivity index (χ4v) is 5.62. The Labute approximate surface area is 202 Å². The van der Waals surface area contributed by atoms with Gasteiger partial charge in [0.15, 0.2) is 0 Å². The first-order valence-corrected chi connectivity index (χ1v) is 12.2. The maximum atomic E-state index is 14.4. The predicted octanol–water partition coefficient (Wildman–Crippen LogP) is 5.51. The van der Waals surface area contributed by atoms with Crippen molar-refractivity contribution < 1.29 is 9.63 Å². The molecule has 4 nitrogen and oxygen atoms in total. The highest BCUT2D eigenvalue weighted by molar-refractivity contribution is 5.85. The van der Waals surface area contributed by atoms with Crippen molar-refractivity contribution in [1.82, 2.24) is 10.4 Å². The number of hydrogen-bond acceptors (Lipinski definition) is 3. The Morgan fingerprint density at radius 1 is 1.00 bits per heavy atom. The highest BCUT2D eigenvalue weighted by Crippen LogP contribution is 2.52. The summed E-state index contributed by atoms with van der Waals surface area (Å²) in [7, 11) is 0. The van der Waals surface area contributed by atoms with E-state index >= 15 is 0 Å². The maximum Gasteiger partial charge on any atom is 0.243 e. The molecule has 0 saturated heterocycles. The lowest BCUT2D eigenvalue weighted by atomic mass is 9.82. The van der Waals surface area contributed by atoms with Crippen LogP contribution in [0, 0.1) is 0 Å². The first-order chi connectivity index (χ1) is 16.3. The number of nitrogens with zero attached hydrogens (tertiary/aromatic N) is 1. The molecule has 34 heavy (non-hydrogen) atoms. The summed E-state index contributed by atoms with van der Waals surface area (Å²) in [6.45, 7) is 8.21. The zero-order chi connectivity index (χ0) is 23.9. The van der Waals surface area contributed by atoms with Gasteiger partial charge in [0.25, 0.3) is 0 Å². The standard InChI is InChI=1S/C30H34N2O2/c1-29(2,3)34-31-26(18-21-12-6-5-7-13-21)28(33)32-27-19-22-14-8-9-15-23(22)20-30(32,4)25-17-11-10-16-24(25)27/h5-17,26-27,31H,18-20H2,1-4H3/t26-,27?,30?/m0/s1. The van der Waals surface area contributed by atoms with Crippen molar-refractivity contribution in [2.75, 3.05) is 0 Å². The van der Waals surface area contributed by atoms with Gasteiger partial charge < -0.3 is 4.90 Å². The monoisotopic (exact) mass is 454 g/mol. The average Bonchev–Trinajstić information content (AvgIpc) is 2.96. The van der Waals surface area contributed by atoms with Crippen molar-refractivity contribution in [2.24, 2.45) is 0 Å². The Balaban J connectivity index is 1.55. The Hall–Kier alpha value is -2.95. The SMILES string of the molecule is CC(C)(C)ON[C@@H](Cc1ccccc1)C(=O)N1C2Cc3ccccc3CC1(C)c1ccccc12. The molecule has 1 amide bonds. The molecule has 2 unspecified atom stereocenters. The average molecular weight is 455 g/mol. The summed E-state index contributed by atoms with van der Waals surface area (Å²) < 4.78 is 0. The van der Waals surface area contributed by atoms with Crippen LogP contribution in [-0.2, 0) is 34.4 Å². The molecular formula is C30H34N2O2. The second kappa shape index (κ2) is 8.68. The topological polar surface area (TPSA) is 41.6 Å². The van der Waals surface area contributed by atoms with Crippen LogP contribution < -0.4 is 5.48 Å². The Morgan fingerprint density at radius 3 is 2.38 bits per heavy atom. The van der Waals surface area contributed by atoms with Gasteiger partial charge in [0.05, 0.1) is 17.2 Å². The van der Waals surface area contributed by atoms with E-state index in [1.54, 1.807) is 0 Å². The second-order valence-corrected chi connectivity index (χ2v) is 10.8. The second-order valence-electron chi connectivity index (χ2n) is 10.8. The molecule has 4 heteroatoms. The smallest absolute Gasteiger partial charge is 0.243 e. The molecule has 3 atom stereocenters. The van der Waals surface area contributed by atoms with Crippen molar-refractivity contribution in [3.05, 3.63) is 107 Å². The van der Waals surface area contributed by atoms with Gasteiger partial charge in [-0.25, -0.2) is 0 Å². The number of benzene rings is 3.